The Morgan fingerprint density at radius 2 is 2.12 bits per heavy atom. The van der Waals surface area contributed by atoms with E-state index < -0.39 is 0 Å². The maximum absolute atomic E-state index is 12.3. The Bertz CT molecular complexity index is 771. The summed E-state index contributed by atoms with van der Waals surface area (Å²) in [7, 11) is 0. The van der Waals surface area contributed by atoms with E-state index in [1.807, 2.05) is 4.90 Å². The van der Waals surface area contributed by atoms with Crippen molar-refractivity contribution in [1.82, 2.24) is 9.88 Å². The zero-order chi connectivity index (χ0) is 18.4. The Morgan fingerprint density at radius 3 is 2.88 bits per heavy atom. The van der Waals surface area contributed by atoms with Gasteiger partial charge in [0.15, 0.2) is 6.61 Å². The van der Waals surface area contributed by atoms with Gasteiger partial charge in [0.1, 0.15) is 11.4 Å². The molecular weight excluding hydrogens is 352 g/mol. The number of rotatable bonds is 7. The molecule has 138 valence electrons. The number of aromatic nitrogens is 1. The first kappa shape index (κ1) is 18.3. The molecule has 26 heavy (non-hydrogen) atoms. The third-order valence-corrected chi connectivity index (χ3v) is 4.96. The first-order chi connectivity index (χ1) is 12.7. The van der Waals surface area contributed by atoms with Crippen LogP contribution in [0, 0.1) is 0 Å². The third kappa shape index (κ3) is 4.80. The number of nitrogens with two attached hydrogens (primary N) is 1. The smallest absolute Gasteiger partial charge is 0.275 e. The van der Waals surface area contributed by atoms with Crippen LogP contribution in [-0.4, -0.2) is 47.9 Å². The molecule has 1 fully saturated rings. The van der Waals surface area contributed by atoms with Gasteiger partial charge in [0.2, 0.25) is 0 Å². The van der Waals surface area contributed by atoms with Gasteiger partial charge < -0.3 is 20.7 Å². The van der Waals surface area contributed by atoms with Crippen molar-refractivity contribution in [2.45, 2.75) is 19.3 Å². The number of nitrogens with one attached hydrogen (secondary N) is 1. The van der Waals surface area contributed by atoms with Crippen LogP contribution in [0.1, 0.15) is 28.3 Å². The lowest BCUT2D eigenvalue weighted by Gasteiger charge is -2.15. The van der Waals surface area contributed by atoms with Gasteiger partial charge in [0.25, 0.3) is 11.8 Å². The predicted octanol–water partition coefficient (Wildman–Crippen LogP) is 1.90. The monoisotopic (exact) mass is 374 g/mol. The van der Waals surface area contributed by atoms with Crippen LogP contribution in [0.4, 0.5) is 5.69 Å². The Kier molecular flexibility index (Phi) is 6.19. The molecule has 7 nitrogen and oxygen atoms in total. The molecule has 2 heterocycles. The number of thiazole rings is 1. The van der Waals surface area contributed by atoms with E-state index in [1.54, 1.807) is 29.6 Å². The molecule has 0 atom stereocenters. The van der Waals surface area contributed by atoms with Crippen LogP contribution in [0.25, 0.3) is 0 Å². The molecule has 1 saturated heterocycles. The fourth-order valence-corrected chi connectivity index (χ4v) is 3.51. The number of benzene rings is 1. The summed E-state index contributed by atoms with van der Waals surface area (Å²) in [6.07, 6.45) is 2.76. The van der Waals surface area contributed by atoms with Gasteiger partial charge in [-0.1, -0.05) is 6.07 Å². The van der Waals surface area contributed by atoms with Crippen LogP contribution >= 0.6 is 11.3 Å². The lowest BCUT2D eigenvalue weighted by Crippen LogP contribution is -2.32. The number of likely N-dealkylation sites (tertiary alicyclic amines) is 1. The lowest BCUT2D eigenvalue weighted by molar-refractivity contribution is -0.132. The highest BCUT2D eigenvalue weighted by Gasteiger charge is 2.18. The van der Waals surface area contributed by atoms with Crippen LogP contribution in [-0.2, 0) is 11.2 Å². The van der Waals surface area contributed by atoms with Crippen molar-refractivity contribution in [3.63, 3.8) is 0 Å². The molecule has 0 unspecified atom stereocenters. The number of hydrogen-bond donors (Lipinski definition) is 2. The van der Waals surface area contributed by atoms with Crippen molar-refractivity contribution in [1.29, 1.82) is 0 Å². The minimum Gasteiger partial charge on any atom is -0.484 e. The number of carbonyl (C=O) groups excluding carboxylic acids is 2. The Labute approximate surface area is 156 Å². The van der Waals surface area contributed by atoms with Gasteiger partial charge in [-0.15, -0.1) is 11.3 Å². The molecule has 1 aromatic heterocycles. The Balaban J connectivity index is 1.56. The zero-order valence-corrected chi connectivity index (χ0v) is 15.3. The second-order valence-electron chi connectivity index (χ2n) is 6.02. The number of amides is 2. The normalized spacial score (nSPS) is 13.7. The van der Waals surface area contributed by atoms with Crippen LogP contribution < -0.4 is 15.8 Å². The van der Waals surface area contributed by atoms with Crippen molar-refractivity contribution >= 4 is 28.8 Å². The first-order valence-electron chi connectivity index (χ1n) is 8.62. The van der Waals surface area contributed by atoms with E-state index in [0.29, 0.717) is 30.1 Å². The molecule has 0 saturated carbocycles. The van der Waals surface area contributed by atoms with Crippen LogP contribution in [0.5, 0.6) is 5.75 Å². The highest BCUT2D eigenvalue weighted by molar-refractivity contribution is 7.09. The van der Waals surface area contributed by atoms with Crippen molar-refractivity contribution in [2.24, 2.45) is 5.73 Å². The van der Waals surface area contributed by atoms with E-state index in [2.05, 4.69) is 10.3 Å². The molecule has 0 spiro atoms. The van der Waals surface area contributed by atoms with Crippen LogP contribution in [0.15, 0.2) is 29.6 Å². The average molecular weight is 374 g/mol. The standard InChI is InChI=1S/C18H22N4O3S/c19-7-6-16-21-15(12-26-16)18(24)20-13-4-3-5-14(10-13)25-11-17(23)22-8-1-2-9-22/h3-5,10,12H,1-2,6-9,11,19H2,(H,20,24). The maximum atomic E-state index is 12.3. The van der Waals surface area contributed by atoms with E-state index >= 15 is 0 Å². The molecule has 2 aromatic rings. The third-order valence-electron chi connectivity index (χ3n) is 4.06. The van der Waals surface area contributed by atoms with Gasteiger partial charge in [-0.25, -0.2) is 4.98 Å². The summed E-state index contributed by atoms with van der Waals surface area (Å²) in [5.74, 6) is 0.249. The Morgan fingerprint density at radius 1 is 1.31 bits per heavy atom. The van der Waals surface area contributed by atoms with E-state index in [9.17, 15) is 9.59 Å². The fraction of sp³-hybridized carbons (Fsp3) is 0.389. The zero-order valence-electron chi connectivity index (χ0n) is 14.4. The quantitative estimate of drug-likeness (QED) is 0.771. The number of nitrogens with zero attached hydrogens (tertiary/aromatic N) is 2. The molecule has 8 heteroatoms. The van der Waals surface area contributed by atoms with Crippen molar-refractivity contribution in [2.75, 3.05) is 31.6 Å². The highest BCUT2D eigenvalue weighted by Crippen LogP contribution is 2.19. The molecule has 1 aromatic carbocycles. The summed E-state index contributed by atoms with van der Waals surface area (Å²) in [6, 6.07) is 6.99. The molecule has 1 aliphatic heterocycles. The number of anilines is 1. The first-order valence-corrected chi connectivity index (χ1v) is 9.50. The SMILES string of the molecule is NCCc1nc(C(=O)Nc2cccc(OCC(=O)N3CCCC3)c2)cs1. The van der Waals surface area contributed by atoms with Gasteiger partial charge in [-0.3, -0.25) is 9.59 Å². The van der Waals surface area contributed by atoms with Gasteiger partial charge >= 0.3 is 0 Å². The molecule has 2 amide bonds. The maximum Gasteiger partial charge on any atom is 0.275 e. The summed E-state index contributed by atoms with van der Waals surface area (Å²) in [5.41, 5.74) is 6.46. The van der Waals surface area contributed by atoms with Crippen LogP contribution in [0.2, 0.25) is 0 Å². The fourth-order valence-electron chi connectivity index (χ4n) is 2.72. The van der Waals surface area contributed by atoms with E-state index in [-0.39, 0.29) is 18.4 Å². The molecule has 0 radical (unpaired) electrons. The van der Waals surface area contributed by atoms with Crippen molar-refractivity contribution in [3.8, 4) is 5.75 Å². The number of hydrogen-bond acceptors (Lipinski definition) is 6. The summed E-state index contributed by atoms with van der Waals surface area (Å²) in [4.78, 5) is 30.4. The molecular formula is C18H22N4O3S. The van der Waals surface area contributed by atoms with Crippen LogP contribution in [0.3, 0.4) is 0 Å². The van der Waals surface area contributed by atoms with E-state index in [0.717, 1.165) is 30.9 Å². The van der Waals surface area contributed by atoms with Crippen molar-refractivity contribution < 1.29 is 14.3 Å². The van der Waals surface area contributed by atoms with Gasteiger partial charge in [-0.05, 0) is 31.5 Å². The molecule has 0 aliphatic carbocycles. The second-order valence-corrected chi connectivity index (χ2v) is 6.97. The Hall–Kier alpha value is -2.45. The van der Waals surface area contributed by atoms with Gasteiger partial charge in [-0.2, -0.15) is 0 Å². The van der Waals surface area contributed by atoms with E-state index in [4.69, 9.17) is 10.5 Å². The minimum atomic E-state index is -0.283. The lowest BCUT2D eigenvalue weighted by atomic mass is 10.3. The number of ether oxygens (including phenoxy) is 1. The summed E-state index contributed by atoms with van der Waals surface area (Å²) < 4.78 is 5.57. The van der Waals surface area contributed by atoms with E-state index in [1.165, 1.54) is 11.3 Å². The largest absolute Gasteiger partial charge is 0.484 e. The molecule has 3 rings (SSSR count). The van der Waals surface area contributed by atoms with Crippen molar-refractivity contribution in [3.05, 3.63) is 40.3 Å². The topological polar surface area (TPSA) is 97.5 Å². The minimum absolute atomic E-state index is 0.00589. The summed E-state index contributed by atoms with van der Waals surface area (Å²) >= 11 is 1.42. The van der Waals surface area contributed by atoms with Gasteiger partial charge in [0.05, 0.1) is 5.01 Å². The predicted molar refractivity (Wildman–Crippen MR) is 101 cm³/mol. The average Bonchev–Trinajstić information content (AvgIpc) is 3.32. The number of carbonyl (C=O) groups is 2. The molecule has 0 bridgehead atoms. The highest BCUT2D eigenvalue weighted by atomic mass is 32.1. The summed E-state index contributed by atoms with van der Waals surface area (Å²) in [5, 5.41) is 5.36. The van der Waals surface area contributed by atoms with Gasteiger partial charge in [0, 0.05) is 36.6 Å². The molecule has 3 N–H and O–H groups in total. The summed E-state index contributed by atoms with van der Waals surface area (Å²) in [6.45, 7) is 2.12. The molecule has 1 aliphatic rings. The second kappa shape index (κ2) is 8.77.